The van der Waals surface area contributed by atoms with E-state index in [4.69, 9.17) is 4.43 Å². The van der Waals surface area contributed by atoms with Gasteiger partial charge in [-0.25, -0.2) is 0 Å². The van der Waals surface area contributed by atoms with Gasteiger partial charge in [-0.05, 0) is 24.6 Å². The summed E-state index contributed by atoms with van der Waals surface area (Å²) < 4.78 is 6.01. The molecule has 3 heteroatoms. The molecule has 0 aromatic heterocycles. The van der Waals surface area contributed by atoms with Crippen molar-refractivity contribution in [3.05, 3.63) is 12.2 Å². The van der Waals surface area contributed by atoms with Gasteiger partial charge in [-0.2, -0.15) is 0 Å². The van der Waals surface area contributed by atoms with Crippen molar-refractivity contribution in [3.63, 3.8) is 0 Å². The van der Waals surface area contributed by atoms with Crippen LogP contribution in [-0.4, -0.2) is 26.1 Å². The molecule has 1 N–H and O–H groups in total. The Bertz CT molecular complexity index is 168. The summed E-state index contributed by atoms with van der Waals surface area (Å²) in [5, 5.41) is 9.33. The fraction of sp³-hybridized carbons (Fsp3) is 0.833. The Morgan fingerprint density at radius 1 is 1.13 bits per heavy atom. The van der Waals surface area contributed by atoms with E-state index in [1.54, 1.807) is 0 Å². The van der Waals surface area contributed by atoms with E-state index in [1.807, 2.05) is 19.1 Å². The zero-order chi connectivity index (χ0) is 11.7. The lowest BCUT2D eigenvalue weighted by Crippen LogP contribution is -2.35. The highest BCUT2D eigenvalue weighted by atomic mass is 28.4. The normalized spacial score (nSPS) is 14.7. The van der Waals surface area contributed by atoms with Crippen LogP contribution in [0.25, 0.3) is 0 Å². The molecule has 0 saturated heterocycles. The Hall–Kier alpha value is -0.123. The van der Waals surface area contributed by atoms with Crippen molar-refractivity contribution in [1.29, 1.82) is 0 Å². The van der Waals surface area contributed by atoms with Crippen LogP contribution in [0.2, 0.25) is 18.1 Å². The summed E-state index contributed by atoms with van der Waals surface area (Å²) in [7, 11) is -1.43. The lowest BCUT2D eigenvalue weighted by atomic mass is 10.2. The average molecular weight is 230 g/mol. The first-order valence-corrected chi connectivity index (χ1v) is 8.65. The number of rotatable bonds is 8. The molecule has 90 valence electrons. The Balaban J connectivity index is 3.96. The van der Waals surface area contributed by atoms with E-state index in [1.165, 1.54) is 18.1 Å². The second-order valence-corrected chi connectivity index (χ2v) is 8.73. The van der Waals surface area contributed by atoms with E-state index in [-0.39, 0.29) is 6.10 Å². The van der Waals surface area contributed by atoms with E-state index in [0.29, 0.717) is 6.61 Å². The Morgan fingerprint density at radius 3 is 2.07 bits per heavy atom. The Morgan fingerprint density at radius 2 is 1.67 bits per heavy atom. The van der Waals surface area contributed by atoms with Crippen molar-refractivity contribution < 1.29 is 9.53 Å². The smallest absolute Gasteiger partial charge is 0.192 e. The standard InChI is InChI=1S/C12H26O2Si/c1-5-12(13)10-9-11-14-15(6-2,7-3)8-4/h9-10,12-13H,5-8,11H2,1-4H3/b10-9-. The van der Waals surface area contributed by atoms with Crippen LogP contribution < -0.4 is 0 Å². The molecule has 0 aromatic carbocycles. The van der Waals surface area contributed by atoms with E-state index >= 15 is 0 Å². The summed E-state index contributed by atoms with van der Waals surface area (Å²) in [4.78, 5) is 0. The van der Waals surface area contributed by atoms with Crippen molar-refractivity contribution >= 4 is 8.32 Å². The third kappa shape index (κ3) is 5.49. The molecular formula is C12H26O2Si. The fourth-order valence-corrected chi connectivity index (χ4v) is 4.19. The maximum atomic E-state index is 9.33. The third-order valence-electron chi connectivity index (χ3n) is 3.20. The number of hydrogen-bond acceptors (Lipinski definition) is 2. The maximum absolute atomic E-state index is 9.33. The molecule has 0 saturated carbocycles. The summed E-state index contributed by atoms with van der Waals surface area (Å²) in [5.41, 5.74) is 0. The van der Waals surface area contributed by atoms with Gasteiger partial charge in [-0.3, -0.25) is 0 Å². The number of aliphatic hydroxyl groups is 1. The summed E-state index contributed by atoms with van der Waals surface area (Å²) >= 11 is 0. The summed E-state index contributed by atoms with van der Waals surface area (Å²) in [5.74, 6) is 0. The van der Waals surface area contributed by atoms with E-state index in [2.05, 4.69) is 20.8 Å². The number of aliphatic hydroxyl groups excluding tert-OH is 1. The van der Waals surface area contributed by atoms with Crippen molar-refractivity contribution in [1.82, 2.24) is 0 Å². The zero-order valence-corrected chi connectivity index (χ0v) is 11.6. The zero-order valence-electron chi connectivity index (χ0n) is 10.6. The first-order chi connectivity index (χ1) is 7.14. The summed E-state index contributed by atoms with van der Waals surface area (Å²) in [6.07, 6.45) is 4.25. The third-order valence-corrected chi connectivity index (χ3v) is 7.84. The van der Waals surface area contributed by atoms with Crippen LogP contribution in [0, 0.1) is 0 Å². The molecule has 1 unspecified atom stereocenters. The van der Waals surface area contributed by atoms with E-state index in [9.17, 15) is 5.11 Å². The highest BCUT2D eigenvalue weighted by Crippen LogP contribution is 2.21. The molecule has 1 atom stereocenters. The van der Waals surface area contributed by atoms with Gasteiger partial charge in [0.1, 0.15) is 0 Å². The second-order valence-electron chi connectivity index (χ2n) is 3.96. The highest BCUT2D eigenvalue weighted by molar-refractivity contribution is 6.73. The predicted molar refractivity (Wildman–Crippen MR) is 68.6 cm³/mol. The SMILES string of the molecule is CCC(O)/C=C\CO[Si](CC)(CC)CC. The van der Waals surface area contributed by atoms with Crippen LogP contribution in [0.4, 0.5) is 0 Å². The first kappa shape index (κ1) is 14.9. The van der Waals surface area contributed by atoms with Crippen LogP contribution in [0.15, 0.2) is 12.2 Å². The minimum absolute atomic E-state index is 0.311. The topological polar surface area (TPSA) is 29.5 Å². The minimum Gasteiger partial charge on any atom is -0.413 e. The van der Waals surface area contributed by atoms with Crippen LogP contribution >= 0.6 is 0 Å². The molecule has 0 amide bonds. The van der Waals surface area contributed by atoms with Crippen molar-refractivity contribution in [2.45, 2.75) is 58.4 Å². The van der Waals surface area contributed by atoms with Gasteiger partial charge in [0, 0.05) is 0 Å². The molecule has 0 fully saturated rings. The fourth-order valence-electron chi connectivity index (χ4n) is 1.63. The summed E-state index contributed by atoms with van der Waals surface area (Å²) in [6.45, 7) is 9.31. The molecule has 0 aliphatic rings. The Labute approximate surface area is 95.5 Å². The monoisotopic (exact) mass is 230 g/mol. The van der Waals surface area contributed by atoms with Gasteiger partial charge in [0.05, 0.1) is 12.7 Å². The van der Waals surface area contributed by atoms with E-state index < -0.39 is 8.32 Å². The van der Waals surface area contributed by atoms with Gasteiger partial charge in [0.2, 0.25) is 0 Å². The van der Waals surface area contributed by atoms with Crippen molar-refractivity contribution in [3.8, 4) is 0 Å². The molecule has 15 heavy (non-hydrogen) atoms. The second kappa shape index (κ2) is 8.08. The molecule has 0 radical (unpaired) electrons. The minimum atomic E-state index is -1.43. The lowest BCUT2D eigenvalue weighted by molar-refractivity contribution is 0.217. The quantitative estimate of drug-likeness (QED) is 0.512. The molecule has 0 rings (SSSR count). The molecule has 0 aromatic rings. The molecule has 0 heterocycles. The van der Waals surface area contributed by atoms with E-state index in [0.717, 1.165) is 6.42 Å². The average Bonchev–Trinajstić information content (AvgIpc) is 2.30. The van der Waals surface area contributed by atoms with Gasteiger partial charge in [0.15, 0.2) is 8.32 Å². The molecule has 2 nitrogen and oxygen atoms in total. The Kier molecular flexibility index (Phi) is 8.01. The van der Waals surface area contributed by atoms with Crippen LogP contribution in [0.5, 0.6) is 0 Å². The highest BCUT2D eigenvalue weighted by Gasteiger charge is 2.27. The molecule has 0 aliphatic carbocycles. The summed E-state index contributed by atoms with van der Waals surface area (Å²) in [6, 6.07) is 3.55. The van der Waals surface area contributed by atoms with Crippen LogP contribution in [0.3, 0.4) is 0 Å². The maximum Gasteiger partial charge on any atom is 0.192 e. The van der Waals surface area contributed by atoms with Gasteiger partial charge in [-0.1, -0.05) is 39.8 Å². The van der Waals surface area contributed by atoms with Gasteiger partial charge in [0.25, 0.3) is 0 Å². The van der Waals surface area contributed by atoms with Crippen LogP contribution in [0.1, 0.15) is 34.1 Å². The number of hydrogen-bond donors (Lipinski definition) is 1. The first-order valence-electron chi connectivity index (χ1n) is 6.12. The van der Waals surface area contributed by atoms with Gasteiger partial charge >= 0.3 is 0 Å². The van der Waals surface area contributed by atoms with Crippen molar-refractivity contribution in [2.75, 3.05) is 6.61 Å². The van der Waals surface area contributed by atoms with Gasteiger partial charge < -0.3 is 9.53 Å². The van der Waals surface area contributed by atoms with Gasteiger partial charge in [-0.15, -0.1) is 0 Å². The lowest BCUT2D eigenvalue weighted by Gasteiger charge is -2.27. The van der Waals surface area contributed by atoms with Crippen molar-refractivity contribution in [2.24, 2.45) is 0 Å². The molecular weight excluding hydrogens is 204 g/mol. The largest absolute Gasteiger partial charge is 0.413 e. The predicted octanol–water partition coefficient (Wildman–Crippen LogP) is 3.34. The molecule has 0 bridgehead atoms. The molecule has 0 aliphatic heterocycles. The molecule has 0 spiro atoms. The van der Waals surface area contributed by atoms with Crippen LogP contribution in [-0.2, 0) is 4.43 Å².